The van der Waals surface area contributed by atoms with Crippen molar-refractivity contribution in [2.45, 2.75) is 38.1 Å². The van der Waals surface area contributed by atoms with Gasteiger partial charge in [-0.2, -0.15) is 0 Å². The van der Waals surface area contributed by atoms with Gasteiger partial charge in [0, 0.05) is 18.7 Å². The number of hydrogen-bond donors (Lipinski definition) is 3. The molecule has 3 rings (SSSR count). The molecule has 1 atom stereocenters. The summed E-state index contributed by atoms with van der Waals surface area (Å²) in [5.41, 5.74) is 6.12. The normalized spacial score (nSPS) is 18.9. The lowest BCUT2D eigenvalue weighted by atomic mass is 10.0. The van der Waals surface area contributed by atoms with Gasteiger partial charge in [-0.05, 0) is 44.4 Å². The third-order valence-corrected chi connectivity index (χ3v) is 7.15. The van der Waals surface area contributed by atoms with Crippen molar-refractivity contribution in [2.75, 3.05) is 29.9 Å². The van der Waals surface area contributed by atoms with Crippen molar-refractivity contribution in [1.82, 2.24) is 10.2 Å². The lowest BCUT2D eigenvalue weighted by Gasteiger charge is -2.27. The summed E-state index contributed by atoms with van der Waals surface area (Å²) in [7, 11) is -3.17. The number of benzene rings is 1. The number of hydrogen-bond acceptors (Lipinski definition) is 8. The van der Waals surface area contributed by atoms with E-state index < -0.39 is 39.5 Å². The van der Waals surface area contributed by atoms with Gasteiger partial charge in [-0.3, -0.25) is 29.4 Å². The maximum absolute atomic E-state index is 13.0. The number of fused-ring (bicyclic) bond motifs is 1. The molecule has 2 aliphatic rings. The van der Waals surface area contributed by atoms with Crippen LogP contribution in [0.25, 0.3) is 0 Å². The Labute approximate surface area is 180 Å². The second-order valence-electron chi connectivity index (χ2n) is 7.60. The first-order valence-electron chi connectivity index (χ1n) is 10.2. The predicted molar refractivity (Wildman–Crippen MR) is 113 cm³/mol. The molecule has 2 aliphatic heterocycles. The zero-order chi connectivity index (χ0) is 22.6. The second-order valence-corrected chi connectivity index (χ2v) is 9.91. The van der Waals surface area contributed by atoms with E-state index in [1.165, 1.54) is 6.07 Å². The van der Waals surface area contributed by atoms with Gasteiger partial charge >= 0.3 is 0 Å². The summed E-state index contributed by atoms with van der Waals surface area (Å²) >= 11 is 0. The molecule has 4 amide bonds. The molecule has 10 nitrogen and oxygen atoms in total. The van der Waals surface area contributed by atoms with E-state index in [1.54, 1.807) is 12.1 Å². The van der Waals surface area contributed by atoms with E-state index in [0.717, 1.165) is 4.90 Å². The third kappa shape index (κ3) is 5.10. The number of nitrogens with one attached hydrogen (secondary N) is 2. The Balaban J connectivity index is 1.65. The maximum atomic E-state index is 13.0. The number of unbranched alkanes of at least 4 members (excludes halogenated alkanes) is 1. The second kappa shape index (κ2) is 9.56. The van der Waals surface area contributed by atoms with Crippen LogP contribution in [0.15, 0.2) is 18.2 Å². The molecule has 0 aliphatic carbocycles. The molecule has 1 unspecified atom stereocenters. The molecule has 0 saturated carbocycles. The molecular formula is C20H26N4O6S. The van der Waals surface area contributed by atoms with E-state index in [2.05, 4.69) is 10.6 Å². The SMILES string of the molecule is NCCCCS(=O)(=O)CCCNc1cccc2c1C(=O)N(C1CCC(=O)NC1=O)C2=O. The van der Waals surface area contributed by atoms with Crippen LogP contribution < -0.4 is 16.4 Å². The van der Waals surface area contributed by atoms with Gasteiger partial charge in [0.2, 0.25) is 11.8 Å². The summed E-state index contributed by atoms with van der Waals surface area (Å²) in [6.07, 6.45) is 1.67. The fourth-order valence-electron chi connectivity index (χ4n) is 3.75. The zero-order valence-electron chi connectivity index (χ0n) is 17.1. The number of anilines is 1. The van der Waals surface area contributed by atoms with E-state index in [1.807, 2.05) is 0 Å². The molecule has 4 N–H and O–H groups in total. The minimum Gasteiger partial charge on any atom is -0.384 e. The summed E-state index contributed by atoms with van der Waals surface area (Å²) < 4.78 is 24.1. The highest BCUT2D eigenvalue weighted by Gasteiger charge is 2.45. The van der Waals surface area contributed by atoms with E-state index in [0.29, 0.717) is 38.0 Å². The molecule has 2 heterocycles. The van der Waals surface area contributed by atoms with Crippen molar-refractivity contribution < 1.29 is 27.6 Å². The van der Waals surface area contributed by atoms with E-state index in [-0.39, 0.29) is 35.5 Å². The summed E-state index contributed by atoms with van der Waals surface area (Å²) in [6, 6.07) is 3.73. The van der Waals surface area contributed by atoms with Gasteiger partial charge in [0.05, 0.1) is 22.6 Å². The molecule has 31 heavy (non-hydrogen) atoms. The number of nitrogens with two attached hydrogens (primary N) is 1. The quantitative estimate of drug-likeness (QED) is 0.333. The number of nitrogens with zero attached hydrogens (tertiary/aromatic N) is 1. The van der Waals surface area contributed by atoms with Gasteiger partial charge in [-0.1, -0.05) is 6.07 Å². The molecule has 168 valence electrons. The Morgan fingerprint density at radius 1 is 1.06 bits per heavy atom. The average Bonchev–Trinajstić information content (AvgIpc) is 2.97. The predicted octanol–water partition coefficient (Wildman–Crippen LogP) is 0.0435. The van der Waals surface area contributed by atoms with Crippen LogP contribution in [-0.4, -0.2) is 67.6 Å². The Kier molecular flexibility index (Phi) is 7.06. The fraction of sp³-hybridized carbons (Fsp3) is 0.500. The van der Waals surface area contributed by atoms with Crippen LogP contribution in [0.3, 0.4) is 0 Å². The van der Waals surface area contributed by atoms with Crippen LogP contribution in [0.1, 0.15) is 52.8 Å². The number of carbonyl (C=O) groups is 4. The van der Waals surface area contributed by atoms with Gasteiger partial charge in [-0.25, -0.2) is 8.42 Å². The van der Waals surface area contributed by atoms with Gasteiger partial charge in [-0.15, -0.1) is 0 Å². The molecule has 0 radical (unpaired) electrons. The average molecular weight is 451 g/mol. The van der Waals surface area contributed by atoms with Crippen molar-refractivity contribution in [1.29, 1.82) is 0 Å². The van der Waals surface area contributed by atoms with Crippen molar-refractivity contribution >= 4 is 39.2 Å². The Bertz CT molecular complexity index is 1010. The largest absolute Gasteiger partial charge is 0.384 e. The first-order valence-corrected chi connectivity index (χ1v) is 12.1. The van der Waals surface area contributed by atoms with Crippen LogP contribution in [0.5, 0.6) is 0 Å². The molecule has 1 fully saturated rings. The first kappa shape index (κ1) is 22.9. The summed E-state index contributed by atoms with van der Waals surface area (Å²) in [5, 5.41) is 5.20. The highest BCUT2D eigenvalue weighted by Crippen LogP contribution is 2.32. The Morgan fingerprint density at radius 3 is 2.52 bits per heavy atom. The molecule has 0 aromatic heterocycles. The minimum absolute atomic E-state index is 0.00880. The Morgan fingerprint density at radius 2 is 1.81 bits per heavy atom. The summed E-state index contributed by atoms with van der Waals surface area (Å²) in [6.45, 7) is 0.755. The van der Waals surface area contributed by atoms with Crippen molar-refractivity contribution in [3.63, 3.8) is 0 Å². The third-order valence-electron chi connectivity index (χ3n) is 5.33. The van der Waals surface area contributed by atoms with Crippen LogP contribution >= 0.6 is 0 Å². The molecule has 0 spiro atoms. The summed E-state index contributed by atoms with van der Waals surface area (Å²) in [4.78, 5) is 50.2. The maximum Gasteiger partial charge on any atom is 0.264 e. The number of rotatable bonds is 10. The minimum atomic E-state index is -3.17. The van der Waals surface area contributed by atoms with Crippen LogP contribution in [0.4, 0.5) is 5.69 Å². The molecule has 1 aromatic carbocycles. The van der Waals surface area contributed by atoms with E-state index >= 15 is 0 Å². The van der Waals surface area contributed by atoms with Gasteiger partial charge in [0.15, 0.2) is 0 Å². The van der Waals surface area contributed by atoms with Crippen molar-refractivity contribution in [3.05, 3.63) is 29.3 Å². The lowest BCUT2D eigenvalue weighted by molar-refractivity contribution is -0.136. The van der Waals surface area contributed by atoms with E-state index in [4.69, 9.17) is 5.73 Å². The van der Waals surface area contributed by atoms with Gasteiger partial charge in [0.1, 0.15) is 15.9 Å². The number of imide groups is 2. The number of sulfone groups is 1. The first-order chi connectivity index (χ1) is 14.7. The van der Waals surface area contributed by atoms with Gasteiger partial charge in [0.25, 0.3) is 11.8 Å². The lowest BCUT2D eigenvalue weighted by Crippen LogP contribution is -2.54. The van der Waals surface area contributed by atoms with Crippen LogP contribution in [0.2, 0.25) is 0 Å². The van der Waals surface area contributed by atoms with E-state index in [9.17, 15) is 27.6 Å². The number of carbonyl (C=O) groups excluding carboxylic acids is 4. The molecular weight excluding hydrogens is 424 g/mol. The highest BCUT2D eigenvalue weighted by atomic mass is 32.2. The standard InChI is InChI=1S/C20H26N4O6S/c21-9-1-2-11-31(29,30)12-4-10-22-14-6-3-5-13-17(14)20(28)24(19(13)27)15-7-8-16(25)23-18(15)26/h3,5-6,15,22H,1-2,4,7-12,21H2,(H,23,25,26). The number of piperidine rings is 1. The van der Waals surface area contributed by atoms with Crippen molar-refractivity contribution in [3.8, 4) is 0 Å². The molecule has 1 aromatic rings. The molecule has 1 saturated heterocycles. The number of amides is 4. The zero-order valence-corrected chi connectivity index (χ0v) is 17.9. The van der Waals surface area contributed by atoms with Crippen LogP contribution in [0, 0.1) is 0 Å². The van der Waals surface area contributed by atoms with Crippen LogP contribution in [-0.2, 0) is 19.4 Å². The van der Waals surface area contributed by atoms with Gasteiger partial charge < -0.3 is 11.1 Å². The monoisotopic (exact) mass is 450 g/mol. The fourth-order valence-corrected chi connectivity index (χ4v) is 5.18. The topological polar surface area (TPSA) is 156 Å². The van der Waals surface area contributed by atoms with Crippen molar-refractivity contribution in [2.24, 2.45) is 5.73 Å². The molecule has 11 heteroatoms. The summed E-state index contributed by atoms with van der Waals surface area (Å²) in [5.74, 6) is -2.18. The highest BCUT2D eigenvalue weighted by molar-refractivity contribution is 7.91. The molecule has 0 bridgehead atoms. The Hall–Kier alpha value is -2.79. The smallest absolute Gasteiger partial charge is 0.264 e.